The highest BCUT2D eigenvalue weighted by Crippen LogP contribution is 2.37. The van der Waals surface area contributed by atoms with Gasteiger partial charge < -0.3 is 4.90 Å². The van der Waals surface area contributed by atoms with E-state index in [1.165, 1.54) is 42.5 Å². The van der Waals surface area contributed by atoms with E-state index in [9.17, 15) is 4.79 Å². The summed E-state index contributed by atoms with van der Waals surface area (Å²) in [6, 6.07) is 2.67. The highest BCUT2D eigenvalue weighted by atomic mass is 79.9. The number of thiophene rings is 1. The van der Waals surface area contributed by atoms with Crippen molar-refractivity contribution < 1.29 is 4.79 Å². The second-order valence-corrected chi connectivity index (χ2v) is 7.70. The van der Waals surface area contributed by atoms with Crippen molar-refractivity contribution in [3.05, 3.63) is 21.9 Å². The zero-order valence-electron chi connectivity index (χ0n) is 11.8. The molecule has 1 aromatic rings. The van der Waals surface area contributed by atoms with Crippen molar-refractivity contribution in [3.63, 3.8) is 0 Å². The van der Waals surface area contributed by atoms with Crippen molar-refractivity contribution in [1.29, 1.82) is 0 Å². The van der Waals surface area contributed by atoms with Crippen LogP contribution in [0.2, 0.25) is 0 Å². The van der Waals surface area contributed by atoms with Crippen LogP contribution in [0.3, 0.4) is 0 Å². The maximum absolute atomic E-state index is 13.0. The number of carbonyl (C=O) groups is 1. The summed E-state index contributed by atoms with van der Waals surface area (Å²) in [5.41, 5.74) is 1.32. The molecule has 0 saturated heterocycles. The highest BCUT2D eigenvalue weighted by Gasteiger charge is 2.34. The molecule has 1 atom stereocenters. The molecule has 4 heteroatoms. The predicted octanol–water partition coefficient (Wildman–Crippen LogP) is 4.33. The third-order valence-corrected chi connectivity index (χ3v) is 6.08. The van der Waals surface area contributed by atoms with Gasteiger partial charge in [0.2, 0.25) is 5.91 Å². The second-order valence-electron chi connectivity index (χ2n) is 5.90. The molecule has 1 fully saturated rings. The molecule has 0 bridgehead atoms. The van der Waals surface area contributed by atoms with Crippen LogP contribution in [0, 0.1) is 0 Å². The molecule has 0 aromatic carbocycles. The first-order valence-corrected chi connectivity index (χ1v) is 9.74. The van der Waals surface area contributed by atoms with E-state index in [4.69, 9.17) is 0 Å². The fourth-order valence-corrected chi connectivity index (χ4v) is 5.09. The highest BCUT2D eigenvalue weighted by molar-refractivity contribution is 9.09. The van der Waals surface area contributed by atoms with E-state index in [0.29, 0.717) is 11.9 Å². The van der Waals surface area contributed by atoms with Gasteiger partial charge in [0.15, 0.2) is 0 Å². The van der Waals surface area contributed by atoms with Gasteiger partial charge in [0, 0.05) is 22.8 Å². The molecule has 2 aliphatic rings. The molecule has 1 amide bonds. The summed E-state index contributed by atoms with van der Waals surface area (Å²) in [7, 11) is 0. The number of aryl methyl sites for hydroxylation is 1. The van der Waals surface area contributed by atoms with Crippen LogP contribution in [0.1, 0.15) is 54.9 Å². The summed E-state index contributed by atoms with van der Waals surface area (Å²) >= 11 is 5.35. The number of rotatable bonds is 4. The Morgan fingerprint density at radius 3 is 2.85 bits per heavy atom. The second kappa shape index (κ2) is 6.61. The molecule has 3 rings (SSSR count). The van der Waals surface area contributed by atoms with Crippen LogP contribution < -0.4 is 0 Å². The molecular weight excluding hydrogens is 334 g/mol. The molecule has 110 valence electrons. The monoisotopic (exact) mass is 355 g/mol. The van der Waals surface area contributed by atoms with E-state index in [0.717, 1.165) is 24.7 Å². The van der Waals surface area contributed by atoms with Gasteiger partial charge in [-0.3, -0.25) is 4.79 Å². The lowest BCUT2D eigenvalue weighted by Gasteiger charge is -2.33. The molecule has 0 N–H and O–H groups in total. The minimum Gasteiger partial charge on any atom is -0.338 e. The summed E-state index contributed by atoms with van der Waals surface area (Å²) in [6.07, 6.45) is 8.32. The molecule has 0 aliphatic heterocycles. The molecule has 0 radical (unpaired) electrons. The van der Waals surface area contributed by atoms with Gasteiger partial charge in [-0.15, -0.1) is 11.3 Å². The van der Waals surface area contributed by atoms with Gasteiger partial charge in [0.05, 0.1) is 5.92 Å². The summed E-state index contributed by atoms with van der Waals surface area (Å²) in [5.74, 6) is 0.514. The first-order valence-electron chi connectivity index (χ1n) is 7.74. The fraction of sp³-hybridized carbons (Fsp3) is 0.688. The van der Waals surface area contributed by atoms with E-state index in [2.05, 4.69) is 32.3 Å². The molecule has 1 unspecified atom stereocenters. The summed E-state index contributed by atoms with van der Waals surface area (Å²) in [5, 5.41) is 3.04. The number of amides is 1. The van der Waals surface area contributed by atoms with Crippen LogP contribution >= 0.6 is 27.3 Å². The fourth-order valence-electron chi connectivity index (χ4n) is 3.72. The molecule has 1 saturated carbocycles. The van der Waals surface area contributed by atoms with Crippen LogP contribution in [-0.4, -0.2) is 28.7 Å². The van der Waals surface area contributed by atoms with E-state index >= 15 is 0 Å². The Balaban J connectivity index is 1.80. The molecule has 0 spiro atoms. The first-order chi connectivity index (χ1) is 9.81. The Bertz CT molecular complexity index is 467. The van der Waals surface area contributed by atoms with Gasteiger partial charge in [-0.1, -0.05) is 28.8 Å². The lowest BCUT2D eigenvalue weighted by Crippen LogP contribution is -2.43. The minimum absolute atomic E-state index is 0.129. The van der Waals surface area contributed by atoms with Gasteiger partial charge in [0.1, 0.15) is 0 Å². The van der Waals surface area contributed by atoms with Crippen molar-refractivity contribution >= 4 is 33.2 Å². The Labute approximate surface area is 133 Å². The van der Waals surface area contributed by atoms with Crippen LogP contribution in [0.4, 0.5) is 0 Å². The van der Waals surface area contributed by atoms with Crippen molar-refractivity contribution in [2.75, 3.05) is 11.9 Å². The maximum Gasteiger partial charge on any atom is 0.230 e. The number of fused-ring (bicyclic) bond motifs is 1. The Morgan fingerprint density at radius 2 is 2.10 bits per heavy atom. The lowest BCUT2D eigenvalue weighted by atomic mass is 9.86. The number of alkyl halides is 1. The topological polar surface area (TPSA) is 20.3 Å². The maximum atomic E-state index is 13.0. The van der Waals surface area contributed by atoms with Crippen molar-refractivity contribution in [1.82, 2.24) is 4.90 Å². The average molecular weight is 356 g/mol. The van der Waals surface area contributed by atoms with E-state index in [1.54, 1.807) is 0 Å². The first kappa shape index (κ1) is 14.6. The van der Waals surface area contributed by atoms with E-state index in [-0.39, 0.29) is 5.92 Å². The third kappa shape index (κ3) is 2.82. The van der Waals surface area contributed by atoms with Gasteiger partial charge in [0.25, 0.3) is 0 Å². The molecule has 2 aliphatic carbocycles. The minimum atomic E-state index is 0.129. The van der Waals surface area contributed by atoms with Crippen LogP contribution in [0.15, 0.2) is 11.4 Å². The summed E-state index contributed by atoms with van der Waals surface area (Å²) in [4.78, 5) is 16.7. The van der Waals surface area contributed by atoms with Gasteiger partial charge in [-0.05, 0) is 49.1 Å². The molecule has 1 aromatic heterocycles. The third-order valence-electron chi connectivity index (χ3n) is 4.72. The van der Waals surface area contributed by atoms with E-state index < -0.39 is 0 Å². The normalized spacial score (nSPS) is 22.8. The quantitative estimate of drug-likeness (QED) is 0.735. The van der Waals surface area contributed by atoms with Crippen molar-refractivity contribution in [3.8, 4) is 0 Å². The summed E-state index contributed by atoms with van der Waals surface area (Å²) in [6.45, 7) is 0.861. The van der Waals surface area contributed by atoms with E-state index in [1.807, 2.05) is 11.3 Å². The molecule has 1 heterocycles. The standard InChI is InChI=1S/C16H22BrNOS/c17-9-10-18(12-4-1-2-5-12)16(19)14-6-3-7-15-13(14)8-11-20-15/h8,11-12,14H,1-7,9-10H2. The van der Waals surface area contributed by atoms with Crippen molar-refractivity contribution in [2.24, 2.45) is 0 Å². The predicted molar refractivity (Wildman–Crippen MR) is 87.8 cm³/mol. The number of halogens is 1. The number of hydrogen-bond acceptors (Lipinski definition) is 2. The van der Waals surface area contributed by atoms with Gasteiger partial charge in [-0.2, -0.15) is 0 Å². The van der Waals surface area contributed by atoms with Gasteiger partial charge >= 0.3 is 0 Å². The zero-order valence-corrected chi connectivity index (χ0v) is 14.2. The zero-order chi connectivity index (χ0) is 13.9. The molecule has 20 heavy (non-hydrogen) atoms. The summed E-state index contributed by atoms with van der Waals surface area (Å²) < 4.78 is 0. The lowest BCUT2D eigenvalue weighted by molar-refractivity contribution is -0.135. The van der Waals surface area contributed by atoms with Gasteiger partial charge in [-0.25, -0.2) is 0 Å². The Morgan fingerprint density at radius 1 is 1.30 bits per heavy atom. The van der Waals surface area contributed by atoms with Crippen LogP contribution in [0.25, 0.3) is 0 Å². The largest absolute Gasteiger partial charge is 0.338 e. The SMILES string of the molecule is O=C(C1CCCc2sccc21)N(CCBr)C1CCCC1. The Hall–Kier alpha value is -0.350. The number of nitrogens with zero attached hydrogens (tertiary/aromatic N) is 1. The number of carbonyl (C=O) groups excluding carboxylic acids is 1. The number of hydrogen-bond donors (Lipinski definition) is 0. The molecule has 2 nitrogen and oxygen atoms in total. The van der Waals surface area contributed by atoms with Crippen LogP contribution in [-0.2, 0) is 11.2 Å². The van der Waals surface area contributed by atoms with Crippen molar-refractivity contribution in [2.45, 2.75) is 56.9 Å². The smallest absolute Gasteiger partial charge is 0.230 e. The Kier molecular flexibility index (Phi) is 4.82. The van der Waals surface area contributed by atoms with Crippen LogP contribution in [0.5, 0.6) is 0 Å². The molecular formula is C16H22BrNOS. The average Bonchev–Trinajstić information content (AvgIpc) is 3.14.